The van der Waals surface area contributed by atoms with Gasteiger partial charge in [0.25, 0.3) is 0 Å². The number of rotatable bonds is 3. The molecule has 1 aromatic rings. The number of guanidine groups is 1. The van der Waals surface area contributed by atoms with Gasteiger partial charge in [0, 0.05) is 0 Å². The van der Waals surface area contributed by atoms with Crippen molar-refractivity contribution in [3.8, 4) is 0 Å². The van der Waals surface area contributed by atoms with E-state index in [-0.39, 0.29) is 11.5 Å². The van der Waals surface area contributed by atoms with Crippen molar-refractivity contribution in [1.29, 1.82) is 0 Å². The van der Waals surface area contributed by atoms with Gasteiger partial charge in [-0.05, 0) is 17.7 Å². The summed E-state index contributed by atoms with van der Waals surface area (Å²) in [5.74, 6) is -1.64. The largest absolute Gasteiger partial charge is 0.479 e. The molecule has 0 aliphatic carbocycles. The average molecular weight is 211 g/mol. The fraction of sp³-hybridized carbons (Fsp3) is 0.111. The summed E-state index contributed by atoms with van der Waals surface area (Å²) in [6.45, 7) is 0. The number of aliphatic carboxylic acids is 1. The molecule has 0 radical (unpaired) electrons. The van der Waals surface area contributed by atoms with Crippen LogP contribution in [-0.4, -0.2) is 17.0 Å². The van der Waals surface area contributed by atoms with Crippen LogP contribution in [0.2, 0.25) is 0 Å². The van der Waals surface area contributed by atoms with E-state index in [1.165, 1.54) is 24.3 Å². The van der Waals surface area contributed by atoms with Crippen LogP contribution in [0.4, 0.5) is 10.1 Å². The summed E-state index contributed by atoms with van der Waals surface area (Å²) in [4.78, 5) is 14.0. The van der Waals surface area contributed by atoms with E-state index in [9.17, 15) is 9.18 Å². The molecule has 1 atom stereocenters. The Kier molecular flexibility index (Phi) is 3.22. The number of halogens is 1. The van der Waals surface area contributed by atoms with Gasteiger partial charge in [-0.3, -0.25) is 0 Å². The van der Waals surface area contributed by atoms with Crippen LogP contribution in [0.15, 0.2) is 29.3 Å². The fourth-order valence-electron chi connectivity index (χ4n) is 1.01. The molecule has 0 heterocycles. The van der Waals surface area contributed by atoms with E-state index in [2.05, 4.69) is 4.99 Å². The molecule has 5 nitrogen and oxygen atoms in total. The zero-order chi connectivity index (χ0) is 11.4. The molecule has 1 aromatic carbocycles. The van der Waals surface area contributed by atoms with Crippen molar-refractivity contribution in [3.63, 3.8) is 0 Å². The highest BCUT2D eigenvalue weighted by Crippen LogP contribution is 2.20. The quantitative estimate of drug-likeness (QED) is 0.505. The molecule has 0 aliphatic heterocycles. The Hall–Kier alpha value is -2.11. The minimum atomic E-state index is -2.03. The normalized spacial score (nSPS) is 11.8. The predicted molar refractivity (Wildman–Crippen MR) is 53.4 cm³/mol. The van der Waals surface area contributed by atoms with Crippen molar-refractivity contribution in [2.75, 3.05) is 0 Å². The first-order valence-corrected chi connectivity index (χ1v) is 4.07. The monoisotopic (exact) mass is 211 g/mol. The van der Waals surface area contributed by atoms with Gasteiger partial charge < -0.3 is 16.6 Å². The summed E-state index contributed by atoms with van der Waals surface area (Å²) in [6, 6.07) is 5.51. The molecule has 1 rings (SSSR count). The van der Waals surface area contributed by atoms with Crippen LogP contribution in [0.25, 0.3) is 0 Å². The summed E-state index contributed by atoms with van der Waals surface area (Å²) in [7, 11) is 0. The predicted octanol–water partition coefficient (Wildman–Crippen LogP) is 0.687. The van der Waals surface area contributed by atoms with E-state index in [4.69, 9.17) is 16.6 Å². The molecular formula is C9H10FN3O2. The highest BCUT2D eigenvalue weighted by Gasteiger charge is 2.17. The summed E-state index contributed by atoms with van der Waals surface area (Å²) in [5.41, 5.74) is 10.8. The molecule has 1 unspecified atom stereocenters. The number of nitrogens with two attached hydrogens (primary N) is 2. The van der Waals surface area contributed by atoms with Crippen LogP contribution in [0.1, 0.15) is 11.7 Å². The van der Waals surface area contributed by atoms with Crippen LogP contribution in [0.5, 0.6) is 0 Å². The molecule has 0 fully saturated rings. The van der Waals surface area contributed by atoms with E-state index in [1.54, 1.807) is 0 Å². The topological polar surface area (TPSA) is 102 Å². The van der Waals surface area contributed by atoms with Gasteiger partial charge in [0.05, 0.1) is 5.69 Å². The van der Waals surface area contributed by atoms with Crippen LogP contribution >= 0.6 is 0 Å². The molecule has 6 heteroatoms. The Morgan fingerprint density at radius 2 is 1.87 bits per heavy atom. The lowest BCUT2D eigenvalue weighted by atomic mass is 10.1. The first-order valence-electron chi connectivity index (χ1n) is 4.07. The number of hydrogen-bond acceptors (Lipinski definition) is 2. The molecule has 15 heavy (non-hydrogen) atoms. The van der Waals surface area contributed by atoms with Crippen molar-refractivity contribution in [3.05, 3.63) is 29.8 Å². The molecule has 0 saturated carbocycles. The third-order valence-corrected chi connectivity index (χ3v) is 1.66. The second-order valence-corrected chi connectivity index (χ2v) is 2.83. The lowest BCUT2D eigenvalue weighted by Gasteiger charge is -2.03. The van der Waals surface area contributed by atoms with Crippen molar-refractivity contribution >= 4 is 17.6 Å². The van der Waals surface area contributed by atoms with Crippen LogP contribution in [0.3, 0.4) is 0 Å². The number of benzene rings is 1. The first kappa shape index (κ1) is 11.0. The smallest absolute Gasteiger partial charge is 0.343 e. The Morgan fingerprint density at radius 1 is 1.33 bits per heavy atom. The molecular weight excluding hydrogens is 201 g/mol. The zero-order valence-electron chi connectivity index (χ0n) is 7.72. The Bertz CT molecular complexity index is 385. The van der Waals surface area contributed by atoms with Gasteiger partial charge in [0.2, 0.25) is 6.17 Å². The van der Waals surface area contributed by atoms with Crippen molar-refractivity contribution in [2.24, 2.45) is 16.5 Å². The summed E-state index contributed by atoms with van der Waals surface area (Å²) in [6.07, 6.45) is -2.03. The number of hydrogen-bond donors (Lipinski definition) is 3. The molecule has 0 aliphatic rings. The van der Waals surface area contributed by atoms with Gasteiger partial charge >= 0.3 is 5.97 Å². The van der Waals surface area contributed by atoms with Crippen molar-refractivity contribution < 1.29 is 14.3 Å². The Morgan fingerprint density at radius 3 is 2.27 bits per heavy atom. The summed E-state index contributed by atoms with van der Waals surface area (Å²) in [5, 5.41) is 8.41. The number of carboxylic acids is 1. The maximum Gasteiger partial charge on any atom is 0.343 e. The molecule has 0 spiro atoms. The zero-order valence-corrected chi connectivity index (χ0v) is 7.72. The van der Waals surface area contributed by atoms with Crippen LogP contribution in [0, 0.1) is 0 Å². The van der Waals surface area contributed by atoms with Crippen molar-refractivity contribution in [1.82, 2.24) is 0 Å². The molecule has 0 saturated heterocycles. The first-order chi connectivity index (χ1) is 7.00. The van der Waals surface area contributed by atoms with Gasteiger partial charge in [-0.2, -0.15) is 0 Å². The van der Waals surface area contributed by atoms with Gasteiger partial charge in [-0.1, -0.05) is 12.1 Å². The number of carboxylic acid groups (broad SMARTS) is 1. The summed E-state index contributed by atoms with van der Waals surface area (Å²) < 4.78 is 13.0. The number of aliphatic imine (C=N–C) groups is 1. The maximum absolute atomic E-state index is 13.0. The minimum Gasteiger partial charge on any atom is -0.479 e. The fourth-order valence-corrected chi connectivity index (χ4v) is 1.01. The minimum absolute atomic E-state index is 0.0528. The van der Waals surface area contributed by atoms with Crippen LogP contribution in [-0.2, 0) is 4.79 Å². The number of nitrogens with zero attached hydrogens (tertiary/aromatic N) is 1. The standard InChI is InChI=1S/C9H10FN3O2/c10-7(8(14)15)5-1-3-6(4-2-5)13-9(11)12/h1-4,7H,(H,14,15)(H4,11,12,13). The maximum atomic E-state index is 13.0. The van der Waals surface area contributed by atoms with E-state index in [1.807, 2.05) is 0 Å². The highest BCUT2D eigenvalue weighted by atomic mass is 19.1. The van der Waals surface area contributed by atoms with E-state index >= 15 is 0 Å². The van der Waals surface area contributed by atoms with Crippen molar-refractivity contribution in [2.45, 2.75) is 6.17 Å². The van der Waals surface area contributed by atoms with Gasteiger partial charge in [0.1, 0.15) is 0 Å². The van der Waals surface area contributed by atoms with Gasteiger partial charge in [-0.15, -0.1) is 0 Å². The number of alkyl halides is 1. The van der Waals surface area contributed by atoms with E-state index < -0.39 is 12.1 Å². The molecule has 0 aromatic heterocycles. The Balaban J connectivity index is 2.90. The van der Waals surface area contributed by atoms with E-state index in [0.29, 0.717) is 5.69 Å². The lowest BCUT2D eigenvalue weighted by molar-refractivity contribution is -0.143. The lowest BCUT2D eigenvalue weighted by Crippen LogP contribution is -2.21. The van der Waals surface area contributed by atoms with Crippen LogP contribution < -0.4 is 11.5 Å². The SMILES string of the molecule is NC(N)=Nc1ccc(C(F)C(=O)O)cc1. The average Bonchev–Trinajstić information content (AvgIpc) is 2.17. The molecule has 0 amide bonds. The summed E-state index contributed by atoms with van der Waals surface area (Å²) >= 11 is 0. The highest BCUT2D eigenvalue weighted by molar-refractivity contribution is 5.79. The van der Waals surface area contributed by atoms with E-state index in [0.717, 1.165) is 0 Å². The second-order valence-electron chi connectivity index (χ2n) is 2.83. The molecule has 0 bridgehead atoms. The second kappa shape index (κ2) is 4.41. The third-order valence-electron chi connectivity index (χ3n) is 1.66. The molecule has 5 N–H and O–H groups in total. The Labute approximate surface area is 85.2 Å². The van der Waals surface area contributed by atoms with Gasteiger partial charge in [-0.25, -0.2) is 14.2 Å². The number of carbonyl (C=O) groups is 1. The third kappa shape index (κ3) is 2.94. The molecule has 80 valence electrons. The van der Waals surface area contributed by atoms with Gasteiger partial charge in [0.15, 0.2) is 5.96 Å².